The van der Waals surface area contributed by atoms with Gasteiger partial charge in [0, 0.05) is 32.0 Å². The fourth-order valence-electron chi connectivity index (χ4n) is 3.07. The van der Waals surface area contributed by atoms with Crippen LogP contribution in [0.2, 0.25) is 0 Å². The summed E-state index contributed by atoms with van der Waals surface area (Å²) in [5, 5.41) is 2.70. The highest BCUT2D eigenvalue weighted by Crippen LogP contribution is 2.21. The van der Waals surface area contributed by atoms with Crippen LogP contribution in [0.15, 0.2) is 24.3 Å². The zero-order valence-electron chi connectivity index (χ0n) is 17.3. The Morgan fingerprint density at radius 2 is 1.86 bits per heavy atom. The number of nitrogens with one attached hydrogen (secondary N) is 1. The molecule has 1 atom stereocenters. The summed E-state index contributed by atoms with van der Waals surface area (Å²) in [7, 11) is 0. The second-order valence-corrected chi connectivity index (χ2v) is 8.47. The fourth-order valence-corrected chi connectivity index (χ4v) is 3.07. The van der Waals surface area contributed by atoms with Crippen molar-refractivity contribution in [2.45, 2.75) is 65.2 Å². The molecule has 0 aromatic heterocycles. The van der Waals surface area contributed by atoms with Gasteiger partial charge in [-0.3, -0.25) is 4.79 Å². The van der Waals surface area contributed by atoms with E-state index in [0.29, 0.717) is 31.7 Å². The third-order valence-corrected chi connectivity index (χ3v) is 4.46. The Balaban J connectivity index is 1.90. The number of nitrogens with zero attached hydrogens (tertiary/aromatic N) is 1. The van der Waals surface area contributed by atoms with Crippen LogP contribution in [0, 0.1) is 11.7 Å². The number of amides is 2. The zero-order valence-corrected chi connectivity index (χ0v) is 17.3. The Hall–Kier alpha value is -2.31. The van der Waals surface area contributed by atoms with Crippen molar-refractivity contribution in [3.8, 4) is 5.75 Å². The maximum absolute atomic E-state index is 13.3. The first kappa shape index (κ1) is 22.0. The SMILES string of the molecule is CC(C)[C@H](NC(=O)OC(C)(C)C)C(=O)N1CCC(Oc2cccc(F)c2)CC1. The first-order chi connectivity index (χ1) is 13.0. The first-order valence-corrected chi connectivity index (χ1v) is 9.75. The highest BCUT2D eigenvalue weighted by molar-refractivity contribution is 5.86. The molecule has 1 aromatic carbocycles. The highest BCUT2D eigenvalue weighted by atomic mass is 19.1. The smallest absolute Gasteiger partial charge is 0.408 e. The Labute approximate surface area is 166 Å². The van der Waals surface area contributed by atoms with Crippen molar-refractivity contribution in [2.75, 3.05) is 13.1 Å². The summed E-state index contributed by atoms with van der Waals surface area (Å²) >= 11 is 0. The van der Waals surface area contributed by atoms with Crippen molar-refractivity contribution in [1.29, 1.82) is 0 Å². The van der Waals surface area contributed by atoms with Gasteiger partial charge >= 0.3 is 6.09 Å². The van der Waals surface area contributed by atoms with Crippen LogP contribution in [-0.4, -0.2) is 47.7 Å². The summed E-state index contributed by atoms with van der Waals surface area (Å²) in [5.41, 5.74) is -0.624. The number of hydrogen-bond acceptors (Lipinski definition) is 4. The van der Waals surface area contributed by atoms with Gasteiger partial charge < -0.3 is 19.7 Å². The quantitative estimate of drug-likeness (QED) is 0.826. The van der Waals surface area contributed by atoms with Crippen LogP contribution in [-0.2, 0) is 9.53 Å². The fraction of sp³-hybridized carbons (Fsp3) is 0.619. The summed E-state index contributed by atoms with van der Waals surface area (Å²) in [6.45, 7) is 10.2. The van der Waals surface area contributed by atoms with Gasteiger partial charge in [-0.05, 0) is 38.8 Å². The third kappa shape index (κ3) is 6.69. The molecule has 2 rings (SSSR count). The summed E-state index contributed by atoms with van der Waals surface area (Å²) in [6, 6.07) is 5.42. The van der Waals surface area contributed by atoms with Crippen molar-refractivity contribution in [3.63, 3.8) is 0 Å². The zero-order chi connectivity index (χ0) is 20.9. The Morgan fingerprint density at radius 3 is 2.39 bits per heavy atom. The molecule has 0 spiro atoms. The van der Waals surface area contributed by atoms with E-state index in [9.17, 15) is 14.0 Å². The van der Waals surface area contributed by atoms with E-state index in [0.717, 1.165) is 0 Å². The largest absolute Gasteiger partial charge is 0.490 e. The van der Waals surface area contributed by atoms with E-state index in [-0.39, 0.29) is 23.7 Å². The van der Waals surface area contributed by atoms with Gasteiger partial charge in [0.2, 0.25) is 5.91 Å². The van der Waals surface area contributed by atoms with Crippen LogP contribution in [0.3, 0.4) is 0 Å². The highest BCUT2D eigenvalue weighted by Gasteiger charge is 2.32. The molecule has 0 radical (unpaired) electrons. The molecule has 1 fully saturated rings. The molecule has 1 aromatic rings. The predicted octanol–water partition coefficient (Wildman–Crippen LogP) is 3.74. The Bertz CT molecular complexity index is 679. The number of ether oxygens (including phenoxy) is 2. The minimum absolute atomic E-state index is 0.0674. The van der Waals surface area contributed by atoms with Crippen LogP contribution < -0.4 is 10.1 Å². The molecule has 1 heterocycles. The Kier molecular flexibility index (Phi) is 7.27. The molecule has 7 heteroatoms. The summed E-state index contributed by atoms with van der Waals surface area (Å²) in [6.07, 6.45) is 0.644. The second-order valence-electron chi connectivity index (χ2n) is 8.47. The lowest BCUT2D eigenvalue weighted by molar-refractivity contribution is -0.136. The monoisotopic (exact) mass is 394 g/mol. The van der Waals surface area contributed by atoms with E-state index >= 15 is 0 Å². The average molecular weight is 394 g/mol. The van der Waals surface area contributed by atoms with Gasteiger partial charge in [-0.2, -0.15) is 0 Å². The minimum Gasteiger partial charge on any atom is -0.490 e. The number of benzene rings is 1. The molecular formula is C21H31FN2O4. The van der Waals surface area contributed by atoms with Crippen molar-refractivity contribution < 1.29 is 23.5 Å². The molecule has 0 unspecified atom stereocenters. The van der Waals surface area contributed by atoms with Gasteiger partial charge in [-0.25, -0.2) is 9.18 Å². The molecule has 1 saturated heterocycles. The van der Waals surface area contributed by atoms with Crippen molar-refractivity contribution in [1.82, 2.24) is 10.2 Å². The lowest BCUT2D eigenvalue weighted by atomic mass is 10.0. The molecule has 156 valence electrons. The molecule has 0 bridgehead atoms. The maximum Gasteiger partial charge on any atom is 0.408 e. The minimum atomic E-state index is -0.643. The van der Waals surface area contributed by atoms with Crippen LogP contribution >= 0.6 is 0 Å². The summed E-state index contributed by atoms with van der Waals surface area (Å²) in [5.74, 6) is -0.0270. The van der Waals surface area contributed by atoms with E-state index in [1.165, 1.54) is 12.1 Å². The van der Waals surface area contributed by atoms with Gasteiger partial charge in [0.25, 0.3) is 0 Å². The third-order valence-electron chi connectivity index (χ3n) is 4.46. The van der Waals surface area contributed by atoms with E-state index in [2.05, 4.69) is 5.32 Å². The number of likely N-dealkylation sites (tertiary alicyclic amines) is 1. The standard InChI is InChI=1S/C21H31FN2O4/c1-14(2)18(23-20(26)28-21(3,4)5)19(25)24-11-9-16(10-12-24)27-17-8-6-7-15(22)13-17/h6-8,13-14,16,18H,9-12H2,1-5H3,(H,23,26)/t18-/m0/s1. The molecular weight excluding hydrogens is 363 g/mol. The number of alkyl carbamates (subject to hydrolysis) is 1. The van der Waals surface area contributed by atoms with Crippen LogP contribution in [0.25, 0.3) is 0 Å². The molecule has 0 aliphatic carbocycles. The maximum atomic E-state index is 13.3. The molecule has 1 aliphatic heterocycles. The van der Waals surface area contributed by atoms with Gasteiger partial charge in [0.1, 0.15) is 29.3 Å². The molecule has 1 aliphatic rings. The Morgan fingerprint density at radius 1 is 1.21 bits per heavy atom. The second kappa shape index (κ2) is 9.26. The van der Waals surface area contributed by atoms with Crippen molar-refractivity contribution in [3.05, 3.63) is 30.1 Å². The topological polar surface area (TPSA) is 67.9 Å². The molecule has 1 N–H and O–H groups in total. The number of carbonyl (C=O) groups is 2. The van der Waals surface area contributed by atoms with Gasteiger partial charge in [0.05, 0.1) is 0 Å². The van der Waals surface area contributed by atoms with E-state index in [1.807, 2.05) is 13.8 Å². The first-order valence-electron chi connectivity index (χ1n) is 9.75. The summed E-state index contributed by atoms with van der Waals surface area (Å²) < 4.78 is 24.4. The summed E-state index contributed by atoms with van der Waals surface area (Å²) in [4.78, 5) is 26.7. The lowest BCUT2D eigenvalue weighted by Gasteiger charge is -2.35. The van der Waals surface area contributed by atoms with Crippen LogP contribution in [0.5, 0.6) is 5.75 Å². The number of hydrogen-bond donors (Lipinski definition) is 1. The lowest BCUT2D eigenvalue weighted by Crippen LogP contribution is -2.54. The van der Waals surface area contributed by atoms with Crippen molar-refractivity contribution >= 4 is 12.0 Å². The van der Waals surface area contributed by atoms with Crippen molar-refractivity contribution in [2.24, 2.45) is 5.92 Å². The number of piperidine rings is 1. The predicted molar refractivity (Wildman–Crippen MR) is 105 cm³/mol. The number of carbonyl (C=O) groups excluding carboxylic acids is 2. The van der Waals surface area contributed by atoms with Gasteiger partial charge in [-0.1, -0.05) is 19.9 Å². The van der Waals surface area contributed by atoms with E-state index in [1.54, 1.807) is 37.8 Å². The number of halogens is 1. The average Bonchev–Trinajstić information content (AvgIpc) is 2.58. The van der Waals surface area contributed by atoms with E-state index < -0.39 is 17.7 Å². The molecule has 28 heavy (non-hydrogen) atoms. The van der Waals surface area contributed by atoms with Gasteiger partial charge in [-0.15, -0.1) is 0 Å². The number of rotatable bonds is 5. The van der Waals surface area contributed by atoms with Crippen LogP contribution in [0.1, 0.15) is 47.5 Å². The van der Waals surface area contributed by atoms with Crippen LogP contribution in [0.4, 0.5) is 9.18 Å². The molecule has 2 amide bonds. The molecule has 0 saturated carbocycles. The normalized spacial score (nSPS) is 16.6. The van der Waals surface area contributed by atoms with Gasteiger partial charge in [0.15, 0.2) is 0 Å². The molecule has 6 nitrogen and oxygen atoms in total. The van der Waals surface area contributed by atoms with E-state index in [4.69, 9.17) is 9.47 Å².